The molecule has 1 aliphatic heterocycles. The number of nitrogens with two attached hydrogens (primary N) is 1. The maximum atomic E-state index is 13.8. The molecule has 2 aromatic heterocycles. The molecule has 0 amide bonds. The molecule has 0 aliphatic carbocycles. The molecule has 0 saturated carbocycles. The zero-order valence-electron chi connectivity index (χ0n) is 28.8. The van der Waals surface area contributed by atoms with Gasteiger partial charge in [0.25, 0.3) is 0 Å². The number of aliphatic hydroxyl groups excluding tert-OH is 1. The van der Waals surface area contributed by atoms with Crippen LogP contribution in [0.15, 0.2) is 6.33 Å². The Hall–Kier alpha value is -4.36. The normalized spacial score (nSPS) is 18.6. The first-order chi connectivity index (χ1) is 24.0. The Bertz CT molecular complexity index is 1450. The summed E-state index contributed by atoms with van der Waals surface area (Å²) in [5.74, 6) is -0.0930. The molecule has 0 unspecified atom stereocenters. The summed E-state index contributed by atoms with van der Waals surface area (Å²) in [6.07, 6.45) is 10.0. The Balaban J connectivity index is 1.46. The van der Waals surface area contributed by atoms with Crippen molar-refractivity contribution in [3.05, 3.63) is 12.4 Å². The standard InChI is InChI=1S/C34H48FN5O10/c1-4-7-9-11-14-26(42)46-19-23(20-47-27(43)15-12-10-8-5-2)49-29(45)17-13-16-28(44)48-21-34(6-3)24(41)18-25(50-34)40-22-37-30-31(36)38-33(35)39-32(30)40/h3,22-25,41H,4-5,7-21H2,1-2H3,(H2,36,38,39)/t24-,25+,34+/m0/s1. The van der Waals surface area contributed by atoms with Gasteiger partial charge in [0.2, 0.25) is 0 Å². The number of carbonyl (C=O) groups is 4. The highest BCUT2D eigenvalue weighted by Crippen LogP contribution is 2.38. The van der Waals surface area contributed by atoms with Gasteiger partial charge in [-0.05, 0) is 19.3 Å². The molecule has 1 saturated heterocycles. The number of halogens is 1. The maximum Gasteiger partial charge on any atom is 0.312 e. The number of ether oxygens (including phenoxy) is 5. The lowest BCUT2D eigenvalue weighted by Gasteiger charge is -2.26. The van der Waals surface area contributed by atoms with Crippen LogP contribution in [0, 0.1) is 18.4 Å². The number of nitrogens with zero attached hydrogens (tertiary/aromatic N) is 4. The van der Waals surface area contributed by atoms with Crippen molar-refractivity contribution in [3.63, 3.8) is 0 Å². The number of esters is 4. The summed E-state index contributed by atoms with van der Waals surface area (Å²) < 4.78 is 42.4. The van der Waals surface area contributed by atoms with Gasteiger partial charge in [-0.3, -0.25) is 23.7 Å². The van der Waals surface area contributed by atoms with E-state index >= 15 is 0 Å². The smallest absolute Gasteiger partial charge is 0.312 e. The van der Waals surface area contributed by atoms with Crippen molar-refractivity contribution in [2.45, 2.75) is 128 Å². The van der Waals surface area contributed by atoms with E-state index in [4.69, 9.17) is 35.8 Å². The highest BCUT2D eigenvalue weighted by molar-refractivity contribution is 5.81. The van der Waals surface area contributed by atoms with Crippen LogP contribution in [0.25, 0.3) is 11.2 Å². The second kappa shape index (κ2) is 20.3. The van der Waals surface area contributed by atoms with Gasteiger partial charge >= 0.3 is 30.0 Å². The monoisotopic (exact) mass is 705 g/mol. The Morgan fingerprint density at radius 1 is 0.960 bits per heavy atom. The fourth-order valence-corrected chi connectivity index (χ4v) is 5.25. The molecule has 2 aromatic rings. The Kier molecular flexibility index (Phi) is 16.3. The predicted molar refractivity (Wildman–Crippen MR) is 176 cm³/mol. The lowest BCUT2D eigenvalue weighted by Crippen LogP contribution is -2.43. The number of hydrogen-bond acceptors (Lipinski definition) is 14. The number of unbranched alkanes of at least 4 members (excludes halogenated alkanes) is 6. The second-order valence-electron chi connectivity index (χ2n) is 12.2. The summed E-state index contributed by atoms with van der Waals surface area (Å²) in [5.41, 5.74) is 4.17. The van der Waals surface area contributed by atoms with Crippen molar-refractivity contribution in [1.29, 1.82) is 0 Å². The van der Waals surface area contributed by atoms with E-state index in [-0.39, 0.29) is 68.7 Å². The molecule has 15 nitrogen and oxygen atoms in total. The molecule has 3 heterocycles. The summed E-state index contributed by atoms with van der Waals surface area (Å²) in [5, 5.41) is 10.8. The number of nitrogen functional groups attached to an aromatic ring is 1. The fraction of sp³-hybridized carbons (Fsp3) is 0.676. The van der Waals surface area contributed by atoms with Crippen molar-refractivity contribution in [3.8, 4) is 12.3 Å². The summed E-state index contributed by atoms with van der Waals surface area (Å²) in [6, 6.07) is 0. The first kappa shape index (κ1) is 40.1. The molecule has 0 bridgehead atoms. The number of fused-ring (bicyclic) bond motifs is 1. The van der Waals surface area contributed by atoms with Crippen LogP contribution in [0.1, 0.15) is 110 Å². The van der Waals surface area contributed by atoms with E-state index in [0.29, 0.717) is 12.8 Å². The lowest BCUT2D eigenvalue weighted by atomic mass is 9.99. The van der Waals surface area contributed by atoms with E-state index in [1.807, 2.05) is 0 Å². The zero-order valence-corrected chi connectivity index (χ0v) is 28.8. The summed E-state index contributed by atoms with van der Waals surface area (Å²) >= 11 is 0. The summed E-state index contributed by atoms with van der Waals surface area (Å²) in [7, 11) is 0. The minimum absolute atomic E-state index is 0.0345. The number of imidazole rings is 1. The van der Waals surface area contributed by atoms with E-state index in [2.05, 4.69) is 34.7 Å². The van der Waals surface area contributed by atoms with Crippen molar-refractivity contribution in [2.75, 3.05) is 25.6 Å². The van der Waals surface area contributed by atoms with Crippen LogP contribution in [0.2, 0.25) is 0 Å². The number of terminal acetylenes is 1. The van der Waals surface area contributed by atoms with E-state index in [1.54, 1.807) is 0 Å². The van der Waals surface area contributed by atoms with E-state index in [9.17, 15) is 28.7 Å². The molecule has 276 valence electrons. The molecule has 16 heteroatoms. The van der Waals surface area contributed by atoms with E-state index < -0.39 is 60.6 Å². The van der Waals surface area contributed by atoms with Gasteiger partial charge in [-0.2, -0.15) is 14.4 Å². The first-order valence-corrected chi connectivity index (χ1v) is 17.2. The average molecular weight is 706 g/mol. The van der Waals surface area contributed by atoms with Crippen LogP contribution in [0.3, 0.4) is 0 Å². The van der Waals surface area contributed by atoms with Gasteiger partial charge in [0, 0.05) is 32.1 Å². The van der Waals surface area contributed by atoms with Gasteiger partial charge in [-0.1, -0.05) is 58.3 Å². The summed E-state index contributed by atoms with van der Waals surface area (Å²) in [6.45, 7) is 3.08. The van der Waals surface area contributed by atoms with Crippen LogP contribution in [0.4, 0.5) is 10.2 Å². The third-order valence-electron chi connectivity index (χ3n) is 8.12. The van der Waals surface area contributed by atoms with Crippen LogP contribution in [0.5, 0.6) is 0 Å². The molecule has 3 rings (SSSR count). The van der Waals surface area contributed by atoms with Gasteiger partial charge in [-0.15, -0.1) is 6.42 Å². The second-order valence-corrected chi connectivity index (χ2v) is 12.2. The molecule has 1 fully saturated rings. The lowest BCUT2D eigenvalue weighted by molar-refractivity contribution is -0.167. The molecule has 0 radical (unpaired) electrons. The minimum atomic E-state index is -1.72. The van der Waals surface area contributed by atoms with E-state index in [1.165, 1.54) is 10.9 Å². The molecule has 0 aromatic carbocycles. The third-order valence-corrected chi connectivity index (χ3v) is 8.12. The number of carbonyl (C=O) groups excluding carboxylic acids is 4. The molecule has 3 atom stereocenters. The molecular weight excluding hydrogens is 657 g/mol. The predicted octanol–water partition coefficient (Wildman–Crippen LogP) is 3.85. The minimum Gasteiger partial charge on any atom is -0.462 e. The number of hydrogen-bond donors (Lipinski definition) is 2. The Morgan fingerprint density at radius 2 is 1.54 bits per heavy atom. The van der Waals surface area contributed by atoms with Gasteiger partial charge < -0.3 is 34.5 Å². The highest BCUT2D eigenvalue weighted by Gasteiger charge is 2.49. The average Bonchev–Trinajstić information content (AvgIpc) is 3.66. The number of rotatable bonds is 22. The maximum absolute atomic E-state index is 13.8. The zero-order chi connectivity index (χ0) is 36.5. The van der Waals surface area contributed by atoms with Crippen molar-refractivity contribution < 1.29 is 52.4 Å². The van der Waals surface area contributed by atoms with Gasteiger partial charge in [0.05, 0.1) is 6.33 Å². The number of aromatic nitrogens is 4. The Morgan fingerprint density at radius 3 is 2.14 bits per heavy atom. The summed E-state index contributed by atoms with van der Waals surface area (Å²) in [4.78, 5) is 60.7. The van der Waals surface area contributed by atoms with Crippen LogP contribution < -0.4 is 5.73 Å². The topological polar surface area (TPSA) is 204 Å². The molecule has 0 spiro atoms. The molecule has 50 heavy (non-hydrogen) atoms. The number of aliphatic hydroxyl groups is 1. The molecule has 1 aliphatic rings. The molecule has 3 N–H and O–H groups in total. The molecular formula is C34H48FN5O10. The van der Waals surface area contributed by atoms with Crippen molar-refractivity contribution >= 4 is 40.9 Å². The van der Waals surface area contributed by atoms with Crippen LogP contribution >= 0.6 is 0 Å². The fourth-order valence-electron chi connectivity index (χ4n) is 5.25. The number of anilines is 1. The SMILES string of the molecule is C#C[C@]1(COC(=O)CCCC(=O)OC(COC(=O)CCCCCC)COC(=O)CCCCCC)O[C@@H](n2cnc3c(N)nc(F)nc32)C[C@@H]1O. The quantitative estimate of drug-likeness (QED) is 0.0587. The first-order valence-electron chi connectivity index (χ1n) is 17.2. The van der Waals surface area contributed by atoms with Crippen molar-refractivity contribution in [2.24, 2.45) is 0 Å². The van der Waals surface area contributed by atoms with Gasteiger partial charge in [-0.25, -0.2) is 4.98 Å². The van der Waals surface area contributed by atoms with Crippen molar-refractivity contribution in [1.82, 2.24) is 19.5 Å². The van der Waals surface area contributed by atoms with Gasteiger partial charge in [0.15, 0.2) is 28.7 Å². The van der Waals surface area contributed by atoms with Crippen LogP contribution in [-0.4, -0.2) is 86.1 Å². The van der Waals surface area contributed by atoms with Crippen LogP contribution in [-0.2, 0) is 42.9 Å². The highest BCUT2D eigenvalue weighted by atomic mass is 19.1. The Labute approximate surface area is 290 Å². The van der Waals surface area contributed by atoms with E-state index in [0.717, 1.165) is 38.5 Å². The van der Waals surface area contributed by atoms with Gasteiger partial charge in [0.1, 0.15) is 32.2 Å². The largest absolute Gasteiger partial charge is 0.462 e. The third kappa shape index (κ3) is 12.2.